The topological polar surface area (TPSA) is 72.2 Å². The predicted octanol–water partition coefficient (Wildman–Crippen LogP) is 1.56. The first-order chi connectivity index (χ1) is 9.38. The number of halogens is 1. The van der Waals surface area contributed by atoms with E-state index in [-0.39, 0.29) is 29.9 Å². The van der Waals surface area contributed by atoms with E-state index in [0.717, 1.165) is 22.4 Å². The van der Waals surface area contributed by atoms with Crippen LogP contribution in [0.2, 0.25) is 0 Å². The SMILES string of the molecule is CCn1nc(C)c(Br)c1CC(CO)C1CCS(=O)(=O)C1. The Balaban J connectivity index is 2.19. The van der Waals surface area contributed by atoms with Crippen molar-refractivity contribution in [2.24, 2.45) is 11.8 Å². The summed E-state index contributed by atoms with van der Waals surface area (Å²) in [5.41, 5.74) is 1.98. The van der Waals surface area contributed by atoms with E-state index >= 15 is 0 Å². The Morgan fingerprint density at radius 1 is 1.55 bits per heavy atom. The van der Waals surface area contributed by atoms with Crippen LogP contribution in [-0.4, -0.2) is 41.4 Å². The lowest BCUT2D eigenvalue weighted by molar-refractivity contribution is 0.181. The van der Waals surface area contributed by atoms with Crippen LogP contribution in [0.1, 0.15) is 24.7 Å². The van der Waals surface area contributed by atoms with E-state index in [1.54, 1.807) is 0 Å². The molecule has 2 atom stereocenters. The summed E-state index contributed by atoms with van der Waals surface area (Å²) in [6.45, 7) is 4.74. The van der Waals surface area contributed by atoms with Gasteiger partial charge < -0.3 is 5.11 Å². The third-order valence-corrected chi connectivity index (χ3v) is 6.90. The maximum Gasteiger partial charge on any atom is 0.150 e. The van der Waals surface area contributed by atoms with Gasteiger partial charge in [0.25, 0.3) is 0 Å². The minimum Gasteiger partial charge on any atom is -0.396 e. The Hall–Kier alpha value is -0.400. The zero-order valence-electron chi connectivity index (χ0n) is 11.8. The van der Waals surface area contributed by atoms with Crippen LogP contribution < -0.4 is 0 Å². The van der Waals surface area contributed by atoms with Crippen LogP contribution in [0.5, 0.6) is 0 Å². The molecule has 0 saturated carbocycles. The normalized spacial score (nSPS) is 23.1. The third kappa shape index (κ3) is 3.26. The Kier molecular flexibility index (Phi) is 4.92. The molecule has 2 rings (SSSR count). The summed E-state index contributed by atoms with van der Waals surface area (Å²) in [7, 11) is -2.91. The van der Waals surface area contributed by atoms with Crippen molar-refractivity contribution in [2.75, 3.05) is 18.1 Å². The van der Waals surface area contributed by atoms with Gasteiger partial charge in [0.05, 0.1) is 27.4 Å². The number of aromatic nitrogens is 2. The molecule has 1 N–H and O–H groups in total. The summed E-state index contributed by atoms with van der Waals surface area (Å²) in [5.74, 6) is 0.485. The molecule has 1 aromatic rings. The summed E-state index contributed by atoms with van der Waals surface area (Å²) >= 11 is 3.55. The monoisotopic (exact) mass is 364 g/mol. The highest BCUT2D eigenvalue weighted by atomic mass is 79.9. The van der Waals surface area contributed by atoms with Gasteiger partial charge in [-0.1, -0.05) is 0 Å². The van der Waals surface area contributed by atoms with Gasteiger partial charge in [-0.05, 0) is 54.5 Å². The first-order valence-electron chi connectivity index (χ1n) is 6.91. The molecule has 114 valence electrons. The molecule has 2 heterocycles. The molecule has 2 unspecified atom stereocenters. The zero-order chi connectivity index (χ0) is 14.9. The van der Waals surface area contributed by atoms with Crippen LogP contribution in [0.3, 0.4) is 0 Å². The van der Waals surface area contributed by atoms with Crippen molar-refractivity contribution in [3.8, 4) is 0 Å². The molecule has 0 bridgehead atoms. The number of aryl methyl sites for hydroxylation is 2. The quantitative estimate of drug-likeness (QED) is 0.860. The Labute approximate surface area is 128 Å². The van der Waals surface area contributed by atoms with E-state index < -0.39 is 9.84 Å². The Morgan fingerprint density at radius 2 is 2.25 bits per heavy atom. The van der Waals surface area contributed by atoms with Gasteiger partial charge in [-0.15, -0.1) is 0 Å². The predicted molar refractivity (Wildman–Crippen MR) is 81.4 cm³/mol. The number of hydrogen-bond donors (Lipinski definition) is 1. The van der Waals surface area contributed by atoms with Crippen molar-refractivity contribution in [1.29, 1.82) is 0 Å². The van der Waals surface area contributed by atoms with Gasteiger partial charge >= 0.3 is 0 Å². The minimum atomic E-state index is -2.91. The molecule has 0 radical (unpaired) electrons. The standard InChI is InChI=1S/C13H21BrN2O3S/c1-3-16-12(13(14)9(2)15-16)6-11(7-17)10-4-5-20(18,19)8-10/h10-11,17H,3-8H2,1-2H3. The molecule has 1 aliphatic heterocycles. The van der Waals surface area contributed by atoms with Gasteiger partial charge in [0.15, 0.2) is 9.84 Å². The Morgan fingerprint density at radius 3 is 2.75 bits per heavy atom. The third-order valence-electron chi connectivity index (χ3n) is 4.08. The van der Waals surface area contributed by atoms with Crippen molar-refractivity contribution < 1.29 is 13.5 Å². The average Bonchev–Trinajstić information content (AvgIpc) is 2.89. The van der Waals surface area contributed by atoms with Gasteiger partial charge in [0.1, 0.15) is 0 Å². The fraction of sp³-hybridized carbons (Fsp3) is 0.769. The summed E-state index contributed by atoms with van der Waals surface area (Å²) in [4.78, 5) is 0. The summed E-state index contributed by atoms with van der Waals surface area (Å²) < 4.78 is 26.1. The van der Waals surface area contributed by atoms with Crippen molar-refractivity contribution in [3.05, 3.63) is 15.9 Å². The largest absolute Gasteiger partial charge is 0.396 e. The molecule has 7 heteroatoms. The highest BCUT2D eigenvalue weighted by Crippen LogP contribution is 2.31. The second-order valence-corrected chi connectivity index (χ2v) is 8.49. The molecule has 1 saturated heterocycles. The first kappa shape index (κ1) is 16.0. The number of sulfone groups is 1. The first-order valence-corrected chi connectivity index (χ1v) is 9.52. The van der Waals surface area contributed by atoms with Crippen molar-refractivity contribution >= 4 is 25.8 Å². The van der Waals surface area contributed by atoms with Gasteiger partial charge in [-0.2, -0.15) is 5.10 Å². The zero-order valence-corrected chi connectivity index (χ0v) is 14.2. The summed E-state index contributed by atoms with van der Waals surface area (Å²) in [6.07, 6.45) is 1.32. The molecule has 1 fully saturated rings. The molecule has 20 heavy (non-hydrogen) atoms. The van der Waals surface area contributed by atoms with Crippen LogP contribution in [0, 0.1) is 18.8 Å². The smallest absolute Gasteiger partial charge is 0.150 e. The summed E-state index contributed by atoms with van der Waals surface area (Å²) in [6, 6.07) is 0. The summed E-state index contributed by atoms with van der Waals surface area (Å²) in [5, 5.41) is 14.1. The highest BCUT2D eigenvalue weighted by Gasteiger charge is 2.34. The molecular formula is C13H21BrN2O3S. The molecular weight excluding hydrogens is 344 g/mol. The lowest BCUT2D eigenvalue weighted by Gasteiger charge is -2.20. The van der Waals surface area contributed by atoms with E-state index in [4.69, 9.17) is 0 Å². The lowest BCUT2D eigenvalue weighted by atomic mass is 9.88. The fourth-order valence-corrected chi connectivity index (χ4v) is 5.25. The molecule has 0 aliphatic carbocycles. The maximum atomic E-state index is 11.6. The van der Waals surface area contributed by atoms with Gasteiger partial charge in [-0.25, -0.2) is 8.42 Å². The second-order valence-electron chi connectivity index (χ2n) is 5.47. The number of aliphatic hydroxyl groups is 1. The Bertz CT molecular complexity index is 583. The van der Waals surface area contributed by atoms with Crippen LogP contribution in [0.25, 0.3) is 0 Å². The van der Waals surface area contributed by atoms with Gasteiger partial charge in [-0.3, -0.25) is 4.68 Å². The van der Waals surface area contributed by atoms with Gasteiger partial charge in [0.2, 0.25) is 0 Å². The molecule has 1 aliphatic rings. The lowest BCUT2D eigenvalue weighted by Crippen LogP contribution is -2.23. The van der Waals surface area contributed by atoms with Crippen LogP contribution in [-0.2, 0) is 22.8 Å². The fourth-order valence-electron chi connectivity index (χ4n) is 2.89. The second kappa shape index (κ2) is 6.15. The van der Waals surface area contributed by atoms with Crippen LogP contribution in [0.4, 0.5) is 0 Å². The number of nitrogens with zero attached hydrogens (tertiary/aromatic N) is 2. The maximum absolute atomic E-state index is 11.6. The molecule has 5 nitrogen and oxygen atoms in total. The van der Waals surface area contributed by atoms with Crippen molar-refractivity contribution in [2.45, 2.75) is 33.2 Å². The van der Waals surface area contributed by atoms with Gasteiger partial charge in [0, 0.05) is 13.2 Å². The van der Waals surface area contributed by atoms with E-state index in [9.17, 15) is 13.5 Å². The van der Waals surface area contributed by atoms with E-state index in [2.05, 4.69) is 21.0 Å². The number of aliphatic hydroxyl groups excluding tert-OH is 1. The van der Waals surface area contributed by atoms with Crippen LogP contribution in [0.15, 0.2) is 4.47 Å². The molecule has 0 spiro atoms. The van der Waals surface area contributed by atoms with E-state index in [0.29, 0.717) is 12.8 Å². The molecule has 1 aromatic heterocycles. The average molecular weight is 365 g/mol. The molecule has 0 aromatic carbocycles. The van der Waals surface area contributed by atoms with E-state index in [1.165, 1.54) is 0 Å². The highest BCUT2D eigenvalue weighted by molar-refractivity contribution is 9.10. The molecule has 0 amide bonds. The number of rotatable bonds is 5. The van der Waals surface area contributed by atoms with Crippen molar-refractivity contribution in [1.82, 2.24) is 9.78 Å². The van der Waals surface area contributed by atoms with Crippen molar-refractivity contribution in [3.63, 3.8) is 0 Å². The number of hydrogen-bond acceptors (Lipinski definition) is 4. The van der Waals surface area contributed by atoms with Crippen LogP contribution >= 0.6 is 15.9 Å². The minimum absolute atomic E-state index is 0.0145. The van der Waals surface area contributed by atoms with E-state index in [1.807, 2.05) is 18.5 Å².